The Morgan fingerprint density at radius 3 is 2.61 bits per heavy atom. The minimum absolute atomic E-state index is 0.229. The fraction of sp³-hybridized carbons (Fsp3) is 0.263. The van der Waals surface area contributed by atoms with E-state index in [1.807, 2.05) is 6.07 Å². The number of nitrogens with one attached hydrogen (secondary N) is 3. The molecule has 1 aliphatic carbocycles. The van der Waals surface area contributed by atoms with Crippen LogP contribution < -0.4 is 22.0 Å². The van der Waals surface area contributed by atoms with E-state index >= 15 is 0 Å². The smallest absolute Gasteiger partial charge is 0.271 e. The Bertz CT molecular complexity index is 1170. The van der Waals surface area contributed by atoms with Crippen LogP contribution in [0.2, 0.25) is 0 Å². The fourth-order valence-electron chi connectivity index (χ4n) is 3.33. The molecule has 3 N–H and O–H groups in total. The number of hydrogen-bond donors (Lipinski definition) is 3. The molecule has 0 atom stereocenters. The molecule has 144 valence electrons. The zero-order valence-corrected chi connectivity index (χ0v) is 15.7. The summed E-state index contributed by atoms with van der Waals surface area (Å²) in [5.41, 5.74) is 4.91. The lowest BCUT2D eigenvalue weighted by Gasteiger charge is -2.09. The minimum Gasteiger partial charge on any atom is -0.271 e. The molecule has 4 rings (SSSR count). The summed E-state index contributed by atoms with van der Waals surface area (Å²) < 4.78 is 0.927. The molecule has 2 heterocycles. The van der Waals surface area contributed by atoms with Crippen molar-refractivity contribution in [2.24, 2.45) is 0 Å². The summed E-state index contributed by atoms with van der Waals surface area (Å²) in [6.07, 6.45) is 4.21. The maximum Gasteiger partial charge on any atom is 0.279 e. The number of hydrogen-bond acceptors (Lipinski definition) is 5. The van der Waals surface area contributed by atoms with E-state index < -0.39 is 29.5 Å². The number of amides is 2. The highest BCUT2D eigenvalue weighted by Gasteiger charge is 2.18. The standard InChI is InChI=1S/C19H18N4O4S/c24-16(10-23-19(27)13-7-3-2-6-12(13)17(25)22-23)20-21-18(26)15-9-11-5-1-4-8-14(11)28-15/h2-3,6-7,9H,1,4-5,8,10H2,(H,20,24)(H,21,26)(H,22,25). The normalized spacial score (nSPS) is 13.1. The lowest BCUT2D eigenvalue weighted by atomic mass is 9.99. The molecule has 9 heteroatoms. The molecule has 0 bridgehead atoms. The molecule has 0 saturated heterocycles. The van der Waals surface area contributed by atoms with Crippen LogP contribution in [0.25, 0.3) is 10.8 Å². The van der Waals surface area contributed by atoms with Crippen molar-refractivity contribution in [2.75, 3.05) is 0 Å². The third kappa shape index (κ3) is 3.48. The summed E-state index contributed by atoms with van der Waals surface area (Å²) in [5.74, 6) is -1.02. The van der Waals surface area contributed by atoms with Gasteiger partial charge in [-0.15, -0.1) is 11.3 Å². The van der Waals surface area contributed by atoms with E-state index in [2.05, 4.69) is 16.0 Å². The summed E-state index contributed by atoms with van der Waals surface area (Å²) in [6.45, 7) is -0.417. The molecular formula is C19H18N4O4S. The van der Waals surface area contributed by atoms with E-state index in [9.17, 15) is 19.2 Å². The number of aryl methyl sites for hydroxylation is 2. The Balaban J connectivity index is 1.43. The maximum absolute atomic E-state index is 12.4. The molecule has 2 amide bonds. The van der Waals surface area contributed by atoms with Gasteiger partial charge >= 0.3 is 0 Å². The number of H-pyrrole nitrogens is 1. The highest BCUT2D eigenvalue weighted by Crippen LogP contribution is 2.29. The van der Waals surface area contributed by atoms with Gasteiger partial charge in [-0.3, -0.25) is 35.1 Å². The van der Waals surface area contributed by atoms with E-state index in [4.69, 9.17) is 0 Å². The number of aromatic nitrogens is 2. The Hall–Kier alpha value is -3.20. The average Bonchev–Trinajstić information content (AvgIpc) is 3.14. The Morgan fingerprint density at radius 1 is 1.07 bits per heavy atom. The fourth-order valence-corrected chi connectivity index (χ4v) is 4.48. The van der Waals surface area contributed by atoms with E-state index in [1.54, 1.807) is 18.2 Å². The van der Waals surface area contributed by atoms with Crippen molar-refractivity contribution in [3.05, 3.63) is 66.4 Å². The molecule has 0 fully saturated rings. The van der Waals surface area contributed by atoms with Crippen LogP contribution in [0.4, 0.5) is 0 Å². The molecule has 2 aromatic heterocycles. The zero-order valence-electron chi connectivity index (χ0n) is 14.9. The largest absolute Gasteiger partial charge is 0.279 e. The number of hydrazine groups is 1. The SMILES string of the molecule is O=C(Cn1[nH]c(=O)c2ccccc2c1=O)NNC(=O)c1cc2c(s1)CCCC2. The molecule has 1 aromatic carbocycles. The molecule has 8 nitrogen and oxygen atoms in total. The summed E-state index contributed by atoms with van der Waals surface area (Å²) in [4.78, 5) is 50.7. The summed E-state index contributed by atoms with van der Waals surface area (Å²) in [5, 5.41) is 2.87. The monoisotopic (exact) mass is 398 g/mol. The second-order valence-electron chi connectivity index (χ2n) is 6.65. The van der Waals surface area contributed by atoms with Gasteiger partial charge in [-0.25, -0.2) is 4.68 Å². The first kappa shape index (κ1) is 18.2. The van der Waals surface area contributed by atoms with Crippen LogP contribution in [0, 0.1) is 0 Å². The van der Waals surface area contributed by atoms with Gasteiger partial charge in [0.05, 0.1) is 15.6 Å². The van der Waals surface area contributed by atoms with Crippen molar-refractivity contribution in [3.8, 4) is 0 Å². The van der Waals surface area contributed by atoms with Crippen LogP contribution in [0.5, 0.6) is 0 Å². The summed E-state index contributed by atoms with van der Waals surface area (Å²) in [6, 6.07) is 8.24. The molecular weight excluding hydrogens is 380 g/mol. The van der Waals surface area contributed by atoms with Gasteiger partial charge in [-0.05, 0) is 49.4 Å². The second kappa shape index (κ2) is 7.43. The molecule has 28 heavy (non-hydrogen) atoms. The highest BCUT2D eigenvalue weighted by atomic mass is 32.1. The lowest BCUT2D eigenvalue weighted by molar-refractivity contribution is -0.122. The molecule has 0 spiro atoms. The number of benzene rings is 1. The number of thiophene rings is 1. The van der Waals surface area contributed by atoms with Gasteiger partial charge in [0.2, 0.25) is 0 Å². The van der Waals surface area contributed by atoms with Gasteiger partial charge in [0.25, 0.3) is 22.9 Å². The van der Waals surface area contributed by atoms with E-state index in [0.29, 0.717) is 4.88 Å². The van der Waals surface area contributed by atoms with E-state index in [-0.39, 0.29) is 10.8 Å². The van der Waals surface area contributed by atoms with Crippen LogP contribution >= 0.6 is 11.3 Å². The van der Waals surface area contributed by atoms with Crippen molar-refractivity contribution >= 4 is 33.9 Å². The molecule has 0 radical (unpaired) electrons. The van der Waals surface area contributed by atoms with Gasteiger partial charge in [0, 0.05) is 4.88 Å². The number of fused-ring (bicyclic) bond motifs is 2. The van der Waals surface area contributed by atoms with Crippen LogP contribution in [0.1, 0.15) is 33.0 Å². The number of rotatable bonds is 3. The number of nitrogens with zero attached hydrogens (tertiary/aromatic N) is 1. The van der Waals surface area contributed by atoms with Gasteiger partial charge in [0.15, 0.2) is 0 Å². The molecule has 1 aliphatic rings. The van der Waals surface area contributed by atoms with Gasteiger partial charge in [0.1, 0.15) is 6.54 Å². The predicted molar refractivity (Wildman–Crippen MR) is 105 cm³/mol. The predicted octanol–water partition coefficient (Wildman–Crippen LogP) is 1.09. The second-order valence-corrected chi connectivity index (χ2v) is 7.78. The molecule has 0 aliphatic heterocycles. The first-order valence-corrected chi connectivity index (χ1v) is 9.77. The van der Waals surface area contributed by atoms with E-state index in [1.165, 1.54) is 27.8 Å². The van der Waals surface area contributed by atoms with Crippen molar-refractivity contribution in [2.45, 2.75) is 32.2 Å². The van der Waals surface area contributed by atoms with E-state index in [0.717, 1.165) is 30.4 Å². The third-order valence-electron chi connectivity index (χ3n) is 4.72. The third-order valence-corrected chi connectivity index (χ3v) is 5.96. The number of carbonyl (C=O) groups is 2. The summed E-state index contributed by atoms with van der Waals surface area (Å²) in [7, 11) is 0. The topological polar surface area (TPSA) is 113 Å². The number of aromatic amines is 1. The van der Waals surface area contributed by atoms with Gasteiger partial charge < -0.3 is 0 Å². The van der Waals surface area contributed by atoms with Crippen LogP contribution in [0.15, 0.2) is 39.9 Å². The molecule has 0 unspecified atom stereocenters. The summed E-state index contributed by atoms with van der Waals surface area (Å²) >= 11 is 1.44. The maximum atomic E-state index is 12.4. The van der Waals surface area contributed by atoms with Crippen molar-refractivity contribution < 1.29 is 9.59 Å². The van der Waals surface area contributed by atoms with Gasteiger partial charge in [-0.2, -0.15) is 0 Å². The lowest BCUT2D eigenvalue weighted by Crippen LogP contribution is -2.45. The van der Waals surface area contributed by atoms with Crippen LogP contribution in [-0.2, 0) is 24.2 Å². The quantitative estimate of drug-likeness (QED) is 0.573. The minimum atomic E-state index is -0.622. The van der Waals surface area contributed by atoms with Gasteiger partial charge in [-0.1, -0.05) is 12.1 Å². The Morgan fingerprint density at radius 2 is 1.82 bits per heavy atom. The average molecular weight is 398 g/mol. The first-order valence-electron chi connectivity index (χ1n) is 8.95. The first-order chi connectivity index (χ1) is 13.5. The van der Waals surface area contributed by atoms with Crippen molar-refractivity contribution in [3.63, 3.8) is 0 Å². The van der Waals surface area contributed by atoms with Crippen LogP contribution in [-0.4, -0.2) is 21.6 Å². The molecule has 3 aromatic rings. The Kier molecular flexibility index (Phi) is 4.82. The molecule has 0 saturated carbocycles. The van der Waals surface area contributed by atoms with Crippen molar-refractivity contribution in [1.82, 2.24) is 20.6 Å². The Labute approximate surface area is 163 Å². The van der Waals surface area contributed by atoms with Crippen LogP contribution in [0.3, 0.4) is 0 Å². The zero-order chi connectivity index (χ0) is 19.7. The number of carbonyl (C=O) groups excluding carboxylic acids is 2. The van der Waals surface area contributed by atoms with Crippen molar-refractivity contribution in [1.29, 1.82) is 0 Å². The highest BCUT2D eigenvalue weighted by molar-refractivity contribution is 7.14.